The van der Waals surface area contributed by atoms with E-state index in [1.165, 1.54) is 23.5 Å². The average Bonchev–Trinajstić information content (AvgIpc) is 3.14. The lowest BCUT2D eigenvalue weighted by molar-refractivity contribution is 0.384. The van der Waals surface area contributed by atoms with E-state index in [-0.39, 0.29) is 16.7 Å². The van der Waals surface area contributed by atoms with Gasteiger partial charge in [0, 0.05) is 12.6 Å². The maximum Gasteiger partial charge on any atom is 0.243 e. The second-order valence-electron chi connectivity index (χ2n) is 4.24. The van der Waals surface area contributed by atoms with E-state index in [2.05, 4.69) is 0 Å². The fourth-order valence-corrected chi connectivity index (χ4v) is 3.64. The standard InChI is InChI=1S/C12H16FNO3S/c1-3-14(9-4-5-9)18(15,16)10-6-7-12(17-2)11(13)8-10/h6-9H,3-5H2,1-2H3. The number of rotatable bonds is 5. The number of methoxy groups -OCH3 is 1. The molecule has 0 aromatic heterocycles. The molecule has 100 valence electrons. The van der Waals surface area contributed by atoms with Crippen LogP contribution in [0.3, 0.4) is 0 Å². The van der Waals surface area contributed by atoms with Crippen molar-refractivity contribution in [3.05, 3.63) is 24.0 Å². The van der Waals surface area contributed by atoms with Gasteiger partial charge in [0.05, 0.1) is 12.0 Å². The molecule has 1 saturated carbocycles. The molecule has 18 heavy (non-hydrogen) atoms. The van der Waals surface area contributed by atoms with Gasteiger partial charge in [-0.2, -0.15) is 4.31 Å². The van der Waals surface area contributed by atoms with Gasteiger partial charge in [-0.1, -0.05) is 6.92 Å². The Morgan fingerprint density at radius 3 is 2.56 bits per heavy atom. The third-order valence-corrected chi connectivity index (χ3v) is 5.02. The summed E-state index contributed by atoms with van der Waals surface area (Å²) in [6.45, 7) is 2.19. The highest BCUT2D eigenvalue weighted by atomic mass is 32.2. The summed E-state index contributed by atoms with van der Waals surface area (Å²) in [6, 6.07) is 3.80. The molecule has 0 unspecified atom stereocenters. The Bertz CT molecular complexity index is 540. The largest absolute Gasteiger partial charge is 0.494 e. The third-order valence-electron chi connectivity index (χ3n) is 3.00. The van der Waals surface area contributed by atoms with Crippen LogP contribution in [-0.4, -0.2) is 32.4 Å². The summed E-state index contributed by atoms with van der Waals surface area (Å²) in [7, 11) is -2.26. The van der Waals surface area contributed by atoms with Gasteiger partial charge in [0.1, 0.15) is 0 Å². The highest BCUT2D eigenvalue weighted by molar-refractivity contribution is 7.89. The number of hydrogen-bond acceptors (Lipinski definition) is 3. The molecule has 0 aliphatic heterocycles. The number of ether oxygens (including phenoxy) is 1. The lowest BCUT2D eigenvalue weighted by atomic mass is 10.3. The molecule has 4 nitrogen and oxygen atoms in total. The first-order valence-electron chi connectivity index (χ1n) is 5.86. The van der Waals surface area contributed by atoms with Gasteiger partial charge < -0.3 is 4.74 Å². The molecule has 0 atom stereocenters. The van der Waals surface area contributed by atoms with Crippen LogP contribution >= 0.6 is 0 Å². The summed E-state index contributed by atoms with van der Waals surface area (Å²) in [5.74, 6) is -0.617. The van der Waals surface area contributed by atoms with E-state index in [0.29, 0.717) is 6.54 Å². The number of hydrogen-bond donors (Lipinski definition) is 0. The zero-order valence-corrected chi connectivity index (χ0v) is 11.2. The number of nitrogens with zero attached hydrogens (tertiary/aromatic N) is 1. The molecule has 0 N–H and O–H groups in total. The molecule has 1 aromatic carbocycles. The first-order chi connectivity index (χ1) is 8.50. The lowest BCUT2D eigenvalue weighted by Gasteiger charge is -2.20. The number of benzene rings is 1. The second kappa shape index (κ2) is 4.85. The monoisotopic (exact) mass is 273 g/mol. The maximum atomic E-state index is 13.6. The van der Waals surface area contributed by atoms with Gasteiger partial charge in [0.2, 0.25) is 10.0 Å². The van der Waals surface area contributed by atoms with Crippen LogP contribution in [0.2, 0.25) is 0 Å². The summed E-state index contributed by atoms with van der Waals surface area (Å²) in [5, 5.41) is 0. The molecule has 1 fully saturated rings. The Morgan fingerprint density at radius 2 is 2.11 bits per heavy atom. The molecule has 0 bridgehead atoms. The number of halogens is 1. The topological polar surface area (TPSA) is 46.6 Å². The predicted molar refractivity (Wildman–Crippen MR) is 65.5 cm³/mol. The molecule has 0 heterocycles. The van der Waals surface area contributed by atoms with Gasteiger partial charge in [-0.05, 0) is 31.0 Å². The Balaban J connectivity index is 2.37. The van der Waals surface area contributed by atoms with Gasteiger partial charge in [-0.25, -0.2) is 12.8 Å². The van der Waals surface area contributed by atoms with E-state index >= 15 is 0 Å². The van der Waals surface area contributed by atoms with Crippen LogP contribution in [0, 0.1) is 5.82 Å². The minimum Gasteiger partial charge on any atom is -0.494 e. The van der Waals surface area contributed by atoms with Crippen molar-refractivity contribution in [2.45, 2.75) is 30.7 Å². The summed E-state index contributed by atoms with van der Waals surface area (Å²) in [4.78, 5) is -0.0189. The lowest BCUT2D eigenvalue weighted by Crippen LogP contribution is -2.32. The van der Waals surface area contributed by atoms with E-state index < -0.39 is 15.8 Å². The zero-order chi connectivity index (χ0) is 13.3. The van der Waals surface area contributed by atoms with Crippen LogP contribution in [-0.2, 0) is 10.0 Å². The molecule has 0 radical (unpaired) electrons. The smallest absolute Gasteiger partial charge is 0.243 e. The molecule has 0 amide bonds. The Hall–Kier alpha value is -1.14. The minimum atomic E-state index is -3.60. The van der Waals surface area contributed by atoms with Crippen molar-refractivity contribution in [2.24, 2.45) is 0 Å². The zero-order valence-electron chi connectivity index (χ0n) is 10.4. The van der Waals surface area contributed by atoms with Crippen LogP contribution in [0.5, 0.6) is 5.75 Å². The van der Waals surface area contributed by atoms with Gasteiger partial charge >= 0.3 is 0 Å². The van der Waals surface area contributed by atoms with Crippen LogP contribution < -0.4 is 4.74 Å². The number of sulfonamides is 1. The fraction of sp³-hybridized carbons (Fsp3) is 0.500. The summed E-state index contributed by atoms with van der Waals surface area (Å²) < 4.78 is 44.4. The van der Waals surface area contributed by atoms with Gasteiger partial charge in [-0.3, -0.25) is 0 Å². The van der Waals surface area contributed by atoms with Crippen molar-refractivity contribution in [1.29, 1.82) is 0 Å². The van der Waals surface area contributed by atoms with E-state index in [1.807, 2.05) is 0 Å². The maximum absolute atomic E-state index is 13.6. The SMILES string of the molecule is CCN(C1CC1)S(=O)(=O)c1ccc(OC)c(F)c1. The molecule has 1 aliphatic rings. The first-order valence-corrected chi connectivity index (χ1v) is 7.30. The quantitative estimate of drug-likeness (QED) is 0.824. The molecule has 6 heteroatoms. The van der Waals surface area contributed by atoms with Gasteiger partial charge in [0.25, 0.3) is 0 Å². The normalized spacial score (nSPS) is 16.0. The molecule has 2 rings (SSSR count). The van der Waals surface area contributed by atoms with Crippen molar-refractivity contribution in [2.75, 3.05) is 13.7 Å². The average molecular weight is 273 g/mol. The molecular formula is C12H16FNO3S. The second-order valence-corrected chi connectivity index (χ2v) is 6.13. The third kappa shape index (κ3) is 2.35. The Kier molecular flexibility index (Phi) is 3.59. The van der Waals surface area contributed by atoms with E-state index in [9.17, 15) is 12.8 Å². The van der Waals surface area contributed by atoms with E-state index in [4.69, 9.17) is 4.74 Å². The van der Waals surface area contributed by atoms with Crippen molar-refractivity contribution in [1.82, 2.24) is 4.31 Å². The molecular weight excluding hydrogens is 257 g/mol. The van der Waals surface area contributed by atoms with Gasteiger partial charge in [0.15, 0.2) is 11.6 Å². The van der Waals surface area contributed by atoms with E-state index in [0.717, 1.165) is 18.9 Å². The summed E-state index contributed by atoms with van der Waals surface area (Å²) in [5.41, 5.74) is 0. The van der Waals surface area contributed by atoms with Crippen molar-refractivity contribution < 1.29 is 17.5 Å². The molecule has 0 spiro atoms. The Labute approximate surface area is 106 Å². The Morgan fingerprint density at radius 1 is 1.44 bits per heavy atom. The van der Waals surface area contributed by atoms with Crippen molar-refractivity contribution >= 4 is 10.0 Å². The molecule has 0 saturated heterocycles. The van der Waals surface area contributed by atoms with E-state index in [1.54, 1.807) is 6.92 Å². The predicted octanol–water partition coefficient (Wildman–Crippen LogP) is 2.01. The highest BCUT2D eigenvalue weighted by Crippen LogP contribution is 2.32. The fourth-order valence-electron chi connectivity index (χ4n) is 1.93. The summed E-state index contributed by atoms with van der Waals surface area (Å²) in [6.07, 6.45) is 1.76. The van der Waals surface area contributed by atoms with Crippen LogP contribution in [0.15, 0.2) is 23.1 Å². The van der Waals surface area contributed by atoms with Crippen molar-refractivity contribution in [3.8, 4) is 5.75 Å². The van der Waals surface area contributed by atoms with Crippen LogP contribution in [0.4, 0.5) is 4.39 Å². The minimum absolute atomic E-state index is 0.0189. The summed E-state index contributed by atoms with van der Waals surface area (Å²) >= 11 is 0. The van der Waals surface area contributed by atoms with Crippen LogP contribution in [0.1, 0.15) is 19.8 Å². The molecule has 1 aliphatic carbocycles. The van der Waals surface area contributed by atoms with Crippen LogP contribution in [0.25, 0.3) is 0 Å². The molecule has 1 aromatic rings. The van der Waals surface area contributed by atoms with Crippen molar-refractivity contribution in [3.63, 3.8) is 0 Å². The highest BCUT2D eigenvalue weighted by Gasteiger charge is 2.37. The first kappa shape index (κ1) is 13.3. The van der Waals surface area contributed by atoms with Gasteiger partial charge in [-0.15, -0.1) is 0 Å².